The third-order valence-electron chi connectivity index (χ3n) is 22.6. The van der Waals surface area contributed by atoms with E-state index in [0.29, 0.717) is 106 Å². The van der Waals surface area contributed by atoms with E-state index < -0.39 is 111 Å². The SMILES string of the molecule is CO[C@H]1/C=C/O[C@@]2(C)Oc3c(C)c(O)c4c(=O)c(c5oc6cc(N7CCC([N+](C)(C)Cc8ccc(NC(=O)[C@H](CCCNC(N)=O)CC(=O)C9(C(=O)CCCCCCN%10C(=O)C=CC%10=O)CCC9)cc8)CC7)cc(=O)c6nc5c4c3=C2O)NC(=O)/C(C)=C\C=C\[C@H](C)[C@H](O)[C@@H](C)[C@@H](O)[C@@H](C)[C@H](OC(C)=O)[C@@H]1C. The Morgan fingerprint density at radius 2 is 1.53 bits per heavy atom. The number of piperidine rings is 1. The molecule has 5 heterocycles. The molecule has 6 amide bonds. The molecule has 0 radical (unpaired) electrons. The number of imide groups is 1. The molecular weight excluding hydrogens is 1380 g/mol. The molecule has 574 valence electrons. The number of allylic oxidation sites excluding steroid dienone is 2. The van der Waals surface area contributed by atoms with Gasteiger partial charge in [0.05, 0.1) is 60.7 Å². The third-order valence-corrected chi connectivity index (χ3v) is 22.6. The van der Waals surface area contributed by atoms with Crippen LogP contribution < -0.4 is 47.4 Å². The van der Waals surface area contributed by atoms with Crippen LogP contribution in [0.25, 0.3) is 38.7 Å². The van der Waals surface area contributed by atoms with Crippen molar-refractivity contribution in [3.63, 3.8) is 0 Å². The van der Waals surface area contributed by atoms with Crippen molar-refractivity contribution >= 4 is 103 Å². The minimum Gasteiger partial charge on any atom is -0.507 e. The molecule has 1 saturated heterocycles. The number of quaternary nitrogens is 1. The van der Waals surface area contributed by atoms with Crippen LogP contribution in [0.3, 0.4) is 0 Å². The molecule has 27 nitrogen and oxygen atoms in total. The molecule has 0 spiro atoms. The molecule has 5 aromatic rings. The Morgan fingerprint density at radius 3 is 2.18 bits per heavy atom. The zero-order valence-corrected chi connectivity index (χ0v) is 62.8. The van der Waals surface area contributed by atoms with Gasteiger partial charge in [-0.15, -0.1) is 0 Å². The number of hydrogen-bond donors (Lipinski definition) is 8. The number of carbonyl (C=O) groups excluding carboxylic acids is 8. The number of nitrogens with zero attached hydrogens (tertiary/aromatic N) is 4. The number of aliphatic hydroxyl groups excluding tert-OH is 3. The van der Waals surface area contributed by atoms with Gasteiger partial charge in [0, 0.05) is 160 Å². The van der Waals surface area contributed by atoms with E-state index in [2.05, 4.69) is 34.9 Å². The second kappa shape index (κ2) is 33.1. The van der Waals surface area contributed by atoms with E-state index in [4.69, 9.17) is 34.1 Å². The number of carbonyl (C=O) groups is 8. The van der Waals surface area contributed by atoms with Crippen molar-refractivity contribution in [3.05, 3.63) is 121 Å². The van der Waals surface area contributed by atoms with E-state index in [1.54, 1.807) is 45.9 Å². The number of primary amides is 1. The molecule has 107 heavy (non-hydrogen) atoms. The number of nitrogens with two attached hydrogens (primary N) is 1. The number of phenolic OH excluding ortho intramolecular Hbond substituents is 1. The van der Waals surface area contributed by atoms with Gasteiger partial charge < -0.3 is 74.9 Å². The molecule has 4 aromatic carbocycles. The van der Waals surface area contributed by atoms with Crippen LogP contribution >= 0.6 is 0 Å². The number of ether oxygens (including phenoxy) is 4. The molecular formula is C80H101N8O19+. The quantitative estimate of drug-likeness (QED) is 0.00578. The molecule has 1 aliphatic carbocycles. The highest BCUT2D eigenvalue weighted by Crippen LogP contribution is 2.47. The minimum absolute atomic E-state index is 0.0140. The van der Waals surface area contributed by atoms with Crippen molar-refractivity contribution in [2.75, 3.05) is 62.9 Å². The lowest BCUT2D eigenvalue weighted by Gasteiger charge is -2.43. The Labute approximate surface area is 620 Å². The van der Waals surface area contributed by atoms with Crippen LogP contribution in [0.15, 0.2) is 98.7 Å². The Kier molecular flexibility index (Phi) is 24.7. The normalized spacial score (nSPS) is 25.0. The Hall–Kier alpha value is -9.83. The van der Waals surface area contributed by atoms with Gasteiger partial charge in [-0.05, 0) is 70.6 Å². The number of esters is 1. The number of hydrogen-bond acceptors (Lipinski definition) is 21. The standard InChI is InChI=1S/C80H100N8O19/c1-43-19-16-20-44(2)76(100)85-67-71(98)63-62(64-73(48(6)70(63)97)107-79(8,75(64)99)104-38-31-56(103-11)45(3)72(105-49(7)89)47(5)69(96)46(4)68(43)95)66-74(67)106-57-41-53(40-55(90)65(57)84-66)86-36-29-54(30-37-86)88(9,10)42-50-23-25-52(26-24-50)83-77(101)51(21-17-34-82-78(81)102)39-59(92)80(32-18-33-80)58(91)22-14-12-13-15-35-87-60(93)27-28-61(87)94/h16,19-20,23-28,31,38,40-41,43,45-47,51,54,56,68-69,72,95-96H,12-15,17-18,21-22,29-30,32-37,39,42H2,1-11H3,(H6-,81,82,83,84,85,90,93,94,97,98,99,100,101,102)/p+1/b19-16+,38-31+,44-20-/t43-,45+,46+,47+,51+,56-,68-,69+,72+,79-/m0/s1. The van der Waals surface area contributed by atoms with Gasteiger partial charge in [-0.3, -0.25) is 48.1 Å². The molecule has 1 saturated carbocycles. The van der Waals surface area contributed by atoms with E-state index in [-0.39, 0.29) is 116 Å². The first-order valence-corrected chi connectivity index (χ1v) is 36.9. The van der Waals surface area contributed by atoms with Gasteiger partial charge in [-0.1, -0.05) is 77.3 Å². The molecule has 5 aliphatic rings. The number of aliphatic hydroxyl groups is 3. The Balaban J connectivity index is 0.871. The van der Waals surface area contributed by atoms with Crippen molar-refractivity contribution < 1.29 is 86.6 Å². The first-order chi connectivity index (χ1) is 50.7. The molecule has 4 bridgehead atoms. The predicted octanol–water partition coefficient (Wildman–Crippen LogP) is 8.38. The molecule has 10 rings (SSSR count). The summed E-state index contributed by atoms with van der Waals surface area (Å²) in [7, 11) is 5.71. The van der Waals surface area contributed by atoms with Gasteiger partial charge >= 0.3 is 17.8 Å². The number of amides is 6. The van der Waals surface area contributed by atoms with Crippen molar-refractivity contribution in [1.82, 2.24) is 15.2 Å². The molecule has 10 atom stereocenters. The van der Waals surface area contributed by atoms with Gasteiger partial charge in [-0.25, -0.2) is 9.78 Å². The molecule has 4 aliphatic heterocycles. The minimum atomic E-state index is -2.05. The summed E-state index contributed by atoms with van der Waals surface area (Å²) >= 11 is 0. The van der Waals surface area contributed by atoms with Crippen LogP contribution in [-0.2, 0) is 54.3 Å². The van der Waals surface area contributed by atoms with Crippen LogP contribution in [0.2, 0.25) is 0 Å². The van der Waals surface area contributed by atoms with Gasteiger partial charge in [0.25, 0.3) is 17.7 Å². The van der Waals surface area contributed by atoms with Crippen molar-refractivity contribution in [1.29, 1.82) is 0 Å². The number of unbranched alkanes of at least 4 members (excludes halogenated alkanes) is 3. The summed E-state index contributed by atoms with van der Waals surface area (Å²) in [6.45, 7) is 14.6. The average molecular weight is 1480 g/mol. The highest BCUT2D eigenvalue weighted by Gasteiger charge is 2.50. The van der Waals surface area contributed by atoms with Crippen molar-refractivity contribution in [3.8, 4) is 11.5 Å². The maximum atomic E-state index is 15.2. The largest absolute Gasteiger partial charge is 0.507 e. The number of urea groups is 1. The maximum absolute atomic E-state index is 15.2. The lowest BCUT2D eigenvalue weighted by atomic mass is 9.61. The summed E-state index contributed by atoms with van der Waals surface area (Å²) in [5, 5.41) is 55.4. The van der Waals surface area contributed by atoms with E-state index >= 15 is 4.79 Å². The number of anilines is 3. The number of rotatable bonds is 23. The van der Waals surface area contributed by atoms with Crippen molar-refractivity contribution in [2.24, 2.45) is 40.7 Å². The van der Waals surface area contributed by atoms with Gasteiger partial charge in [0.2, 0.25) is 16.8 Å². The average Bonchev–Trinajstić information content (AvgIpc) is 1.67. The number of Topliss-reactive ketones (excluding diaryl/α,β-unsaturated/α-hetero) is 2. The summed E-state index contributed by atoms with van der Waals surface area (Å²) in [6, 6.07) is 10.0. The molecule has 9 N–H and O–H groups in total. The van der Waals surface area contributed by atoms with Crippen LogP contribution in [-0.4, -0.2) is 166 Å². The molecule has 2 fully saturated rings. The Morgan fingerprint density at radius 1 is 0.850 bits per heavy atom. The summed E-state index contributed by atoms with van der Waals surface area (Å²) in [6.07, 6.45) is 12.0. The number of phenols is 1. The van der Waals surface area contributed by atoms with Crippen LogP contribution in [0.1, 0.15) is 143 Å². The first-order valence-electron chi connectivity index (χ1n) is 36.9. The second-order valence-electron chi connectivity index (χ2n) is 30.3. The van der Waals surface area contributed by atoms with Crippen LogP contribution in [0, 0.1) is 41.9 Å². The number of ketones is 2. The molecule has 1 aromatic heterocycles. The highest BCUT2D eigenvalue weighted by atomic mass is 16.7. The van der Waals surface area contributed by atoms with E-state index in [1.165, 1.54) is 76.3 Å². The van der Waals surface area contributed by atoms with Crippen molar-refractivity contribution in [2.45, 2.75) is 182 Å². The number of fused-ring (bicyclic) bond motifs is 2. The third kappa shape index (κ3) is 17.0. The van der Waals surface area contributed by atoms with E-state index in [0.717, 1.165) is 5.56 Å². The number of aromatic nitrogens is 1. The smallest absolute Gasteiger partial charge is 0.312 e. The zero-order chi connectivity index (χ0) is 77.7. The highest BCUT2D eigenvalue weighted by molar-refractivity contribution is 6.17. The lowest BCUT2D eigenvalue weighted by Crippen LogP contribution is -2.53. The lowest BCUT2D eigenvalue weighted by molar-refractivity contribution is -0.928. The van der Waals surface area contributed by atoms with Crippen LogP contribution in [0.4, 0.5) is 21.9 Å². The topological polar surface area (TPSA) is 383 Å². The zero-order valence-electron chi connectivity index (χ0n) is 62.8. The van der Waals surface area contributed by atoms with E-state index in [1.807, 2.05) is 24.3 Å². The number of benzene rings is 4. The maximum Gasteiger partial charge on any atom is 0.312 e. The van der Waals surface area contributed by atoms with Crippen LogP contribution in [0.5, 0.6) is 11.5 Å². The number of methoxy groups -OCH3 is 1. The fourth-order valence-electron chi connectivity index (χ4n) is 15.8. The summed E-state index contributed by atoms with van der Waals surface area (Å²) in [5.41, 5.74) is 3.69. The summed E-state index contributed by atoms with van der Waals surface area (Å²) in [5.74, 6) is -9.64. The molecule has 27 heteroatoms. The van der Waals surface area contributed by atoms with E-state index in [9.17, 15) is 63.6 Å². The summed E-state index contributed by atoms with van der Waals surface area (Å²) < 4.78 is 31.5. The van der Waals surface area contributed by atoms with Gasteiger partial charge in [0.1, 0.15) is 46.9 Å². The fourth-order valence-corrected chi connectivity index (χ4v) is 15.8. The predicted molar refractivity (Wildman–Crippen MR) is 401 cm³/mol. The molecule has 0 unspecified atom stereocenters. The second-order valence-corrected chi connectivity index (χ2v) is 30.3. The number of aromatic hydroxyl groups is 1. The Bertz CT molecular complexity index is 4590. The monoisotopic (exact) mass is 1480 g/mol. The first kappa shape index (κ1) is 79.7. The van der Waals surface area contributed by atoms with Gasteiger partial charge in [-0.2, -0.15) is 0 Å². The number of nitrogens with one attached hydrogen (secondary N) is 3. The van der Waals surface area contributed by atoms with Gasteiger partial charge in [0.15, 0.2) is 22.4 Å². The fraction of sp³-hybridized carbons (Fsp3) is 0.512. The summed E-state index contributed by atoms with van der Waals surface area (Å²) in [4.78, 5) is 142.